The Bertz CT molecular complexity index is 903. The number of rotatable bonds is 4. The van der Waals surface area contributed by atoms with Crippen LogP contribution in [0.3, 0.4) is 0 Å². The number of anilines is 1. The molecule has 7 heteroatoms. The fourth-order valence-electron chi connectivity index (χ4n) is 2.30. The smallest absolute Gasteiger partial charge is 0.404 e. The fraction of sp³-hybridized carbons (Fsp3) is 0.105. The molecule has 0 unspecified atom stereocenters. The van der Waals surface area contributed by atoms with Crippen LogP contribution < -0.4 is 26.8 Å². The molecule has 26 heavy (non-hydrogen) atoms. The highest BCUT2D eigenvalue weighted by Gasteiger charge is 2.29. The first-order valence-corrected chi connectivity index (χ1v) is 7.70. The summed E-state index contributed by atoms with van der Waals surface area (Å²) >= 11 is 0. The lowest BCUT2D eigenvalue weighted by atomic mass is 10.1. The molecule has 0 aliphatic rings. The van der Waals surface area contributed by atoms with Crippen LogP contribution in [0.15, 0.2) is 55.1 Å². The molecule has 2 rings (SSSR count). The number of halogens is 3. The van der Waals surface area contributed by atoms with E-state index < -0.39 is 17.8 Å². The molecule has 0 heterocycles. The van der Waals surface area contributed by atoms with E-state index in [0.717, 1.165) is 17.4 Å². The molecular weight excluding hydrogens is 343 g/mol. The third-order valence-corrected chi connectivity index (χ3v) is 3.59. The zero-order valence-corrected chi connectivity index (χ0v) is 13.8. The Kier molecular flexibility index (Phi) is 6.06. The molecule has 0 saturated heterocycles. The Morgan fingerprint density at radius 1 is 1.15 bits per heavy atom. The number of amides is 2. The minimum absolute atomic E-state index is 0.0905. The summed E-state index contributed by atoms with van der Waals surface area (Å²) in [6.07, 6.45) is 0.324. The van der Waals surface area contributed by atoms with E-state index in [1.165, 1.54) is 18.3 Å². The van der Waals surface area contributed by atoms with Gasteiger partial charge in [-0.2, -0.15) is 13.2 Å². The summed E-state index contributed by atoms with van der Waals surface area (Å²) in [6, 6.07) is 9.36. The summed E-state index contributed by atoms with van der Waals surface area (Å²) in [7, 11) is 0. The van der Waals surface area contributed by atoms with E-state index in [0.29, 0.717) is 16.5 Å². The van der Waals surface area contributed by atoms with Gasteiger partial charge >= 0.3 is 12.2 Å². The number of hydrogen-bond acceptors (Lipinski definition) is 2. The molecule has 0 saturated carbocycles. The molecule has 0 fully saturated rings. The quantitative estimate of drug-likeness (QED) is 0.784. The van der Waals surface area contributed by atoms with Crippen LogP contribution in [0.4, 0.5) is 23.7 Å². The van der Waals surface area contributed by atoms with Crippen molar-refractivity contribution in [1.29, 1.82) is 0 Å². The van der Waals surface area contributed by atoms with E-state index >= 15 is 0 Å². The topological polar surface area (TPSA) is 67.2 Å². The second-order valence-corrected chi connectivity index (χ2v) is 5.38. The lowest BCUT2D eigenvalue weighted by Crippen LogP contribution is -2.34. The van der Waals surface area contributed by atoms with E-state index in [2.05, 4.69) is 17.2 Å². The van der Waals surface area contributed by atoms with Crippen molar-refractivity contribution in [2.24, 2.45) is 5.73 Å². The molecule has 0 atom stereocenters. The maximum Gasteiger partial charge on any atom is 0.416 e. The Morgan fingerprint density at radius 2 is 1.85 bits per heavy atom. The van der Waals surface area contributed by atoms with Crippen LogP contribution >= 0.6 is 0 Å². The first-order chi connectivity index (χ1) is 12.3. The number of benzene rings is 2. The van der Waals surface area contributed by atoms with Crippen molar-refractivity contribution in [2.75, 3.05) is 5.32 Å². The fourth-order valence-corrected chi connectivity index (χ4v) is 2.30. The highest BCUT2D eigenvalue weighted by atomic mass is 19.4. The molecule has 0 aliphatic heterocycles. The van der Waals surface area contributed by atoms with Crippen molar-refractivity contribution in [3.63, 3.8) is 0 Å². The van der Waals surface area contributed by atoms with Crippen LogP contribution in [0.5, 0.6) is 0 Å². The SMILES string of the molecule is C=C/C=c1/c(NC(=O)NCc2ccc(C(F)(F)F)cc2)ccc/c1=C/N. The maximum atomic E-state index is 12.5. The van der Waals surface area contributed by atoms with Crippen molar-refractivity contribution in [3.05, 3.63) is 76.7 Å². The third kappa shape index (κ3) is 4.89. The van der Waals surface area contributed by atoms with Crippen molar-refractivity contribution in [3.8, 4) is 0 Å². The number of allylic oxidation sites excluding steroid dienone is 1. The Labute approximate surface area is 148 Å². The van der Waals surface area contributed by atoms with Crippen molar-refractivity contribution >= 4 is 24.0 Å². The lowest BCUT2D eigenvalue weighted by molar-refractivity contribution is -0.137. The lowest BCUT2D eigenvalue weighted by Gasteiger charge is -2.10. The molecule has 2 aromatic rings. The van der Waals surface area contributed by atoms with E-state index in [1.807, 2.05) is 0 Å². The largest absolute Gasteiger partial charge is 0.416 e. The second-order valence-electron chi connectivity index (χ2n) is 5.38. The second kappa shape index (κ2) is 8.24. The monoisotopic (exact) mass is 361 g/mol. The average molecular weight is 361 g/mol. The van der Waals surface area contributed by atoms with Gasteiger partial charge in [-0.25, -0.2) is 4.79 Å². The van der Waals surface area contributed by atoms with Gasteiger partial charge in [-0.05, 0) is 29.0 Å². The zero-order valence-electron chi connectivity index (χ0n) is 13.8. The van der Waals surface area contributed by atoms with E-state index in [4.69, 9.17) is 5.73 Å². The van der Waals surface area contributed by atoms with Gasteiger partial charge in [0.25, 0.3) is 0 Å². The van der Waals surface area contributed by atoms with Crippen LogP contribution in [-0.4, -0.2) is 6.03 Å². The molecule has 2 amide bonds. The highest BCUT2D eigenvalue weighted by molar-refractivity contribution is 5.89. The summed E-state index contributed by atoms with van der Waals surface area (Å²) in [5, 5.41) is 6.72. The molecule has 0 spiro atoms. The molecule has 2 aromatic carbocycles. The molecule has 4 nitrogen and oxygen atoms in total. The normalized spacial score (nSPS) is 12.7. The third-order valence-electron chi connectivity index (χ3n) is 3.59. The Morgan fingerprint density at radius 3 is 2.42 bits per heavy atom. The number of nitrogens with two attached hydrogens (primary N) is 1. The summed E-state index contributed by atoms with van der Waals surface area (Å²) < 4.78 is 37.6. The van der Waals surface area contributed by atoms with Crippen molar-refractivity contribution in [1.82, 2.24) is 5.32 Å². The molecule has 4 N–H and O–H groups in total. The van der Waals surface area contributed by atoms with Gasteiger partial charge in [-0.1, -0.05) is 43.0 Å². The van der Waals surface area contributed by atoms with E-state index in [9.17, 15) is 18.0 Å². The summed E-state index contributed by atoms with van der Waals surface area (Å²) in [6.45, 7) is 3.72. The number of carbonyl (C=O) groups is 1. The number of alkyl halides is 3. The molecule has 0 radical (unpaired) electrons. The molecule has 136 valence electrons. The average Bonchev–Trinajstić information content (AvgIpc) is 2.61. The Balaban J connectivity index is 2.06. The van der Waals surface area contributed by atoms with Crippen LogP contribution in [0.2, 0.25) is 0 Å². The molecule has 0 bridgehead atoms. The highest BCUT2D eigenvalue weighted by Crippen LogP contribution is 2.28. The van der Waals surface area contributed by atoms with Gasteiger partial charge in [0.1, 0.15) is 0 Å². The number of nitrogens with one attached hydrogen (secondary N) is 2. The van der Waals surface area contributed by atoms with Gasteiger partial charge in [0, 0.05) is 18.0 Å². The first-order valence-electron chi connectivity index (χ1n) is 7.70. The van der Waals surface area contributed by atoms with E-state index in [-0.39, 0.29) is 6.54 Å². The van der Waals surface area contributed by atoms with Gasteiger partial charge < -0.3 is 16.4 Å². The van der Waals surface area contributed by atoms with Crippen LogP contribution in [0.1, 0.15) is 11.1 Å². The van der Waals surface area contributed by atoms with Gasteiger partial charge in [0.05, 0.1) is 11.3 Å². The molecule has 0 aliphatic carbocycles. The number of urea groups is 1. The summed E-state index contributed by atoms with van der Waals surface area (Å²) in [5.41, 5.74) is 5.93. The van der Waals surface area contributed by atoms with E-state index in [1.54, 1.807) is 30.4 Å². The standard InChI is InChI=1S/C19H18F3N3O/c1-2-4-16-14(11-23)5-3-6-17(16)25-18(26)24-12-13-7-9-15(10-8-13)19(20,21)22/h2-11H,1,12,23H2,(H2,24,25,26)/b14-11-,16-4+. The summed E-state index contributed by atoms with van der Waals surface area (Å²) in [4.78, 5) is 12.1. The maximum absolute atomic E-state index is 12.5. The predicted octanol–water partition coefficient (Wildman–Crippen LogP) is 2.69. The number of hydrogen-bond donors (Lipinski definition) is 3. The minimum Gasteiger partial charge on any atom is -0.404 e. The summed E-state index contributed by atoms with van der Waals surface area (Å²) in [5.74, 6) is 0. The molecular formula is C19H18F3N3O. The number of carbonyl (C=O) groups excluding carboxylic acids is 1. The van der Waals surface area contributed by atoms with Crippen molar-refractivity contribution in [2.45, 2.75) is 12.7 Å². The zero-order chi connectivity index (χ0) is 19.2. The van der Waals surface area contributed by atoms with Crippen LogP contribution in [0, 0.1) is 0 Å². The van der Waals surface area contributed by atoms with Gasteiger partial charge in [0.2, 0.25) is 0 Å². The molecule has 0 aromatic heterocycles. The van der Waals surface area contributed by atoms with Gasteiger partial charge in [-0.15, -0.1) is 0 Å². The van der Waals surface area contributed by atoms with Crippen LogP contribution in [-0.2, 0) is 12.7 Å². The predicted molar refractivity (Wildman–Crippen MR) is 96.3 cm³/mol. The first kappa shape index (κ1) is 19.1. The van der Waals surface area contributed by atoms with Crippen molar-refractivity contribution < 1.29 is 18.0 Å². The van der Waals surface area contributed by atoms with Crippen LogP contribution in [0.25, 0.3) is 12.3 Å². The van der Waals surface area contributed by atoms with Gasteiger partial charge in [0.15, 0.2) is 0 Å². The minimum atomic E-state index is -4.38. The Hall–Kier alpha value is -3.22. The van der Waals surface area contributed by atoms with Gasteiger partial charge in [-0.3, -0.25) is 0 Å².